The van der Waals surface area contributed by atoms with Crippen molar-refractivity contribution in [2.45, 2.75) is 31.8 Å². The molecule has 1 fully saturated rings. The lowest BCUT2D eigenvalue weighted by Gasteiger charge is -2.36. The number of carbonyl (C=O) groups excluding carboxylic acids is 1. The van der Waals surface area contributed by atoms with Crippen LogP contribution in [0.15, 0.2) is 12.3 Å². The van der Waals surface area contributed by atoms with E-state index in [4.69, 9.17) is 0 Å². The highest BCUT2D eigenvalue weighted by Gasteiger charge is 2.31. The van der Waals surface area contributed by atoms with Gasteiger partial charge in [0.2, 0.25) is 0 Å². The average molecular weight is 313 g/mol. The van der Waals surface area contributed by atoms with Crippen LogP contribution in [0.4, 0.5) is 8.78 Å². The highest BCUT2D eigenvalue weighted by Crippen LogP contribution is 2.22. The van der Waals surface area contributed by atoms with Crippen LogP contribution in [0.1, 0.15) is 40.9 Å². The van der Waals surface area contributed by atoms with E-state index >= 15 is 0 Å². The Morgan fingerprint density at radius 1 is 1.50 bits per heavy atom. The number of amides is 1. The van der Waals surface area contributed by atoms with Gasteiger partial charge in [-0.25, -0.2) is 8.78 Å². The third kappa shape index (κ3) is 3.98. The minimum Gasteiger partial charge on any atom is -0.388 e. The van der Waals surface area contributed by atoms with E-state index in [2.05, 4.69) is 15.2 Å². The summed E-state index contributed by atoms with van der Waals surface area (Å²) in [6.45, 7) is 3.20. The van der Waals surface area contributed by atoms with Crippen LogP contribution in [-0.4, -0.2) is 53.2 Å². The number of piperidine rings is 1. The fourth-order valence-corrected chi connectivity index (χ4v) is 2.47. The van der Waals surface area contributed by atoms with Crippen molar-refractivity contribution in [1.29, 1.82) is 0 Å². The highest BCUT2D eigenvalue weighted by molar-refractivity contribution is 5.92. The molecule has 0 saturated carbocycles. The van der Waals surface area contributed by atoms with E-state index in [0.717, 1.165) is 19.3 Å². The van der Waals surface area contributed by atoms with E-state index in [1.54, 1.807) is 0 Å². The number of rotatable bonds is 4. The number of aryl methyl sites for hydroxylation is 1. The maximum Gasteiger partial charge on any atom is 0.269 e. The van der Waals surface area contributed by atoms with Crippen LogP contribution in [0.2, 0.25) is 0 Å². The minimum atomic E-state index is -2.61. The lowest BCUT2D eigenvalue weighted by atomic mass is 9.91. The molecule has 1 aliphatic rings. The molecule has 1 aliphatic heterocycles. The summed E-state index contributed by atoms with van der Waals surface area (Å²) in [4.78, 5) is 17.9. The predicted octanol–water partition coefficient (Wildman–Crippen LogP) is 1.51. The number of aliphatic hydroxyl groups is 1. The molecule has 0 unspecified atom stereocenters. The van der Waals surface area contributed by atoms with Gasteiger partial charge in [-0.15, -0.1) is 0 Å². The van der Waals surface area contributed by atoms with Gasteiger partial charge < -0.3 is 15.3 Å². The molecule has 0 spiro atoms. The highest BCUT2D eigenvalue weighted by atomic mass is 19.3. The molecule has 22 heavy (non-hydrogen) atoms. The fourth-order valence-electron chi connectivity index (χ4n) is 2.47. The van der Waals surface area contributed by atoms with Gasteiger partial charge >= 0.3 is 0 Å². The summed E-state index contributed by atoms with van der Waals surface area (Å²) in [5.74, 6) is -0.462. The number of likely N-dealkylation sites (tertiary alicyclic amines) is 1. The smallest absolute Gasteiger partial charge is 0.269 e. The van der Waals surface area contributed by atoms with Gasteiger partial charge in [-0.3, -0.25) is 9.78 Å². The topological polar surface area (TPSA) is 65.5 Å². The van der Waals surface area contributed by atoms with Crippen molar-refractivity contribution in [3.8, 4) is 0 Å². The van der Waals surface area contributed by atoms with Crippen LogP contribution in [0.3, 0.4) is 0 Å². The van der Waals surface area contributed by atoms with Crippen LogP contribution < -0.4 is 5.32 Å². The van der Waals surface area contributed by atoms with Crippen LogP contribution >= 0.6 is 0 Å². The van der Waals surface area contributed by atoms with Gasteiger partial charge in [0.05, 0.1) is 5.60 Å². The number of pyridine rings is 1. The van der Waals surface area contributed by atoms with Crippen LogP contribution in [-0.2, 0) is 0 Å². The van der Waals surface area contributed by atoms with Gasteiger partial charge in [0.15, 0.2) is 0 Å². The number of alkyl halides is 2. The maximum atomic E-state index is 12.7. The number of nitrogens with one attached hydrogen (secondary N) is 1. The molecule has 122 valence electrons. The molecule has 1 saturated heterocycles. The molecule has 0 radical (unpaired) electrons. The maximum absolute atomic E-state index is 12.7. The zero-order valence-electron chi connectivity index (χ0n) is 12.8. The van der Waals surface area contributed by atoms with Crippen molar-refractivity contribution in [2.24, 2.45) is 0 Å². The molecule has 1 aromatic heterocycles. The quantitative estimate of drug-likeness (QED) is 0.884. The third-order valence-corrected chi connectivity index (χ3v) is 4.11. The van der Waals surface area contributed by atoms with Gasteiger partial charge in [-0.05, 0) is 38.4 Å². The van der Waals surface area contributed by atoms with Crippen LogP contribution in [0, 0.1) is 6.92 Å². The Labute approximate surface area is 128 Å². The molecule has 0 aliphatic carbocycles. The zero-order chi connectivity index (χ0) is 16.3. The van der Waals surface area contributed by atoms with Crippen molar-refractivity contribution in [3.63, 3.8) is 0 Å². The van der Waals surface area contributed by atoms with Gasteiger partial charge in [0.1, 0.15) is 5.69 Å². The lowest BCUT2D eigenvalue weighted by molar-refractivity contribution is -0.0135. The van der Waals surface area contributed by atoms with E-state index in [9.17, 15) is 18.7 Å². The molecule has 0 aromatic carbocycles. The number of nitrogens with zero attached hydrogens (tertiary/aromatic N) is 2. The summed E-state index contributed by atoms with van der Waals surface area (Å²) in [5, 5.41) is 13.0. The SMILES string of the molecule is Cc1cc(C(=O)NCC2(O)CCN(C)CC2)ncc1C(F)F. The number of aromatic nitrogens is 1. The van der Waals surface area contributed by atoms with Crippen LogP contribution in [0.25, 0.3) is 0 Å². The first-order valence-electron chi connectivity index (χ1n) is 7.24. The summed E-state index contributed by atoms with van der Waals surface area (Å²) >= 11 is 0. The molecule has 2 heterocycles. The molecule has 1 aromatic rings. The Balaban J connectivity index is 1.96. The van der Waals surface area contributed by atoms with Gasteiger partial charge in [0.25, 0.3) is 12.3 Å². The predicted molar refractivity (Wildman–Crippen MR) is 77.9 cm³/mol. The van der Waals surface area contributed by atoms with Crippen molar-refractivity contribution < 1.29 is 18.7 Å². The average Bonchev–Trinajstić information content (AvgIpc) is 2.48. The lowest BCUT2D eigenvalue weighted by Crippen LogP contribution is -2.50. The summed E-state index contributed by atoms with van der Waals surface area (Å²) in [5.41, 5.74) is -0.683. The van der Waals surface area contributed by atoms with E-state index in [-0.39, 0.29) is 17.8 Å². The first-order valence-corrected chi connectivity index (χ1v) is 7.24. The summed E-state index contributed by atoms with van der Waals surface area (Å²) in [7, 11) is 1.98. The second kappa shape index (κ2) is 6.66. The first kappa shape index (κ1) is 16.8. The van der Waals surface area contributed by atoms with E-state index in [1.165, 1.54) is 13.0 Å². The summed E-state index contributed by atoms with van der Waals surface area (Å²) in [6, 6.07) is 1.34. The Morgan fingerprint density at radius 2 is 2.14 bits per heavy atom. The third-order valence-electron chi connectivity index (χ3n) is 4.11. The Hall–Kier alpha value is -1.60. The van der Waals surface area contributed by atoms with Crippen molar-refractivity contribution in [2.75, 3.05) is 26.7 Å². The molecule has 5 nitrogen and oxygen atoms in total. The molecule has 7 heteroatoms. The molecular weight excluding hydrogens is 292 g/mol. The standard InChI is InChI=1S/C15H21F2N3O2/c1-10-7-12(18-8-11(10)13(16)17)14(21)19-9-15(22)3-5-20(2)6-4-15/h7-8,13,22H,3-6,9H2,1-2H3,(H,19,21). The van der Waals surface area contributed by atoms with Crippen molar-refractivity contribution >= 4 is 5.91 Å². The largest absolute Gasteiger partial charge is 0.388 e. The molecule has 0 bridgehead atoms. The number of hydrogen-bond donors (Lipinski definition) is 2. The number of carbonyl (C=O) groups is 1. The minimum absolute atomic E-state index is 0.0819. The number of hydrogen-bond acceptors (Lipinski definition) is 4. The van der Waals surface area contributed by atoms with Crippen molar-refractivity contribution in [3.05, 3.63) is 29.1 Å². The summed E-state index contributed by atoms with van der Waals surface area (Å²) in [6.07, 6.45) is -0.412. The molecule has 0 atom stereocenters. The van der Waals surface area contributed by atoms with Gasteiger partial charge in [-0.2, -0.15) is 0 Å². The van der Waals surface area contributed by atoms with Gasteiger partial charge in [0, 0.05) is 31.4 Å². The fraction of sp³-hybridized carbons (Fsp3) is 0.600. The molecule has 2 rings (SSSR count). The molecular formula is C15H21F2N3O2. The first-order chi connectivity index (χ1) is 10.3. The van der Waals surface area contributed by atoms with Gasteiger partial charge in [-0.1, -0.05) is 0 Å². The van der Waals surface area contributed by atoms with E-state index in [0.29, 0.717) is 18.4 Å². The number of halogens is 2. The Kier molecular flexibility index (Phi) is 5.08. The van der Waals surface area contributed by atoms with Crippen LogP contribution in [0.5, 0.6) is 0 Å². The Bertz CT molecular complexity index is 544. The second-order valence-electron chi connectivity index (χ2n) is 5.94. The second-order valence-corrected chi connectivity index (χ2v) is 5.94. The monoisotopic (exact) mass is 313 g/mol. The van der Waals surface area contributed by atoms with E-state index < -0.39 is 17.9 Å². The Morgan fingerprint density at radius 3 is 2.68 bits per heavy atom. The zero-order valence-corrected chi connectivity index (χ0v) is 12.8. The molecule has 1 amide bonds. The van der Waals surface area contributed by atoms with Crippen molar-refractivity contribution in [1.82, 2.24) is 15.2 Å². The van der Waals surface area contributed by atoms with E-state index in [1.807, 2.05) is 7.05 Å². The summed E-state index contributed by atoms with van der Waals surface area (Å²) < 4.78 is 25.3. The normalized spacial score (nSPS) is 18.5. The molecule has 2 N–H and O–H groups in total.